The Kier molecular flexibility index (Phi) is 3.64. The Bertz CT molecular complexity index is 723. The van der Waals surface area contributed by atoms with E-state index in [0.29, 0.717) is 17.9 Å². The molecule has 5 heteroatoms. The van der Waals surface area contributed by atoms with Gasteiger partial charge >= 0.3 is 0 Å². The number of carbonyl (C=O) groups excluding carboxylic acids is 1. The minimum Gasteiger partial charge on any atom is -0.337 e. The van der Waals surface area contributed by atoms with Gasteiger partial charge in [-0.15, -0.1) is 0 Å². The van der Waals surface area contributed by atoms with Crippen molar-refractivity contribution in [2.24, 2.45) is 0 Å². The maximum atomic E-state index is 12.6. The molecule has 0 bridgehead atoms. The summed E-state index contributed by atoms with van der Waals surface area (Å²) in [5.41, 5.74) is 0.971. The Morgan fingerprint density at radius 2 is 2.33 bits per heavy atom. The van der Waals surface area contributed by atoms with Gasteiger partial charge in [0.2, 0.25) is 0 Å². The molecule has 1 saturated heterocycles. The van der Waals surface area contributed by atoms with Gasteiger partial charge in [0.1, 0.15) is 11.2 Å². The van der Waals surface area contributed by atoms with Gasteiger partial charge in [-0.25, -0.2) is 0 Å². The topological polar surface area (TPSA) is 57.8 Å². The molecule has 1 aliphatic rings. The molecule has 2 heterocycles. The predicted molar refractivity (Wildman–Crippen MR) is 85.4 cm³/mol. The molecule has 1 N–H and O–H groups in total. The Morgan fingerprint density at radius 3 is 3.00 bits per heavy atom. The number of aromatic nitrogens is 1. The van der Waals surface area contributed by atoms with Crippen molar-refractivity contribution in [3.05, 3.63) is 36.0 Å². The van der Waals surface area contributed by atoms with Crippen LogP contribution in [-0.2, 0) is 6.54 Å². The third-order valence-corrected chi connectivity index (χ3v) is 5.14. The third kappa shape index (κ3) is 2.40. The quantitative estimate of drug-likeness (QED) is 0.948. The number of fused-ring (bicyclic) bond motifs is 1. The number of nitrogens with one attached hydrogen (secondary N) is 1. The zero-order valence-corrected chi connectivity index (χ0v) is 12.7. The van der Waals surface area contributed by atoms with Gasteiger partial charge < -0.3 is 9.88 Å². The van der Waals surface area contributed by atoms with E-state index in [-0.39, 0.29) is 5.91 Å². The molecule has 1 atom stereocenters. The molecule has 0 aliphatic carbocycles. The van der Waals surface area contributed by atoms with Crippen molar-refractivity contribution in [3.8, 4) is 6.07 Å². The van der Waals surface area contributed by atoms with Crippen molar-refractivity contribution >= 4 is 28.6 Å². The molecule has 0 radical (unpaired) electrons. The SMILES string of the molecule is CCn1c(C(=O)NC2(C#N)CCSC2)cc2ccccc21. The molecule has 1 aliphatic heterocycles. The van der Waals surface area contributed by atoms with E-state index in [2.05, 4.69) is 11.4 Å². The van der Waals surface area contributed by atoms with Gasteiger partial charge in [0.15, 0.2) is 0 Å². The Morgan fingerprint density at radius 1 is 1.52 bits per heavy atom. The maximum Gasteiger partial charge on any atom is 0.269 e. The van der Waals surface area contributed by atoms with Crippen LogP contribution in [0, 0.1) is 11.3 Å². The number of amides is 1. The van der Waals surface area contributed by atoms with Crippen LogP contribution in [0.2, 0.25) is 0 Å². The van der Waals surface area contributed by atoms with Crippen molar-refractivity contribution in [1.29, 1.82) is 5.26 Å². The van der Waals surface area contributed by atoms with E-state index in [1.807, 2.05) is 41.8 Å². The van der Waals surface area contributed by atoms with Crippen molar-refractivity contribution in [2.75, 3.05) is 11.5 Å². The summed E-state index contributed by atoms with van der Waals surface area (Å²) in [5, 5.41) is 13.4. The fourth-order valence-electron chi connectivity index (χ4n) is 2.80. The highest BCUT2D eigenvalue weighted by Gasteiger charge is 2.36. The summed E-state index contributed by atoms with van der Waals surface area (Å²) in [4.78, 5) is 12.6. The molecule has 1 aromatic carbocycles. The number of nitrogens with zero attached hydrogens (tertiary/aromatic N) is 2. The number of thioether (sulfide) groups is 1. The molecule has 2 aromatic rings. The number of benzene rings is 1. The van der Waals surface area contributed by atoms with Crippen molar-refractivity contribution in [2.45, 2.75) is 25.4 Å². The molecule has 0 saturated carbocycles. The van der Waals surface area contributed by atoms with Crippen LogP contribution in [0.15, 0.2) is 30.3 Å². The highest BCUT2D eigenvalue weighted by atomic mass is 32.2. The summed E-state index contributed by atoms with van der Waals surface area (Å²) in [6, 6.07) is 12.1. The highest BCUT2D eigenvalue weighted by molar-refractivity contribution is 7.99. The van der Waals surface area contributed by atoms with E-state index in [0.717, 1.165) is 23.2 Å². The number of hydrogen-bond acceptors (Lipinski definition) is 3. The van der Waals surface area contributed by atoms with Gasteiger partial charge in [-0.1, -0.05) is 18.2 Å². The van der Waals surface area contributed by atoms with Crippen LogP contribution in [0.1, 0.15) is 23.8 Å². The standard InChI is InChI=1S/C16H17N3OS/c1-2-19-13-6-4-3-5-12(13)9-14(19)15(20)18-16(10-17)7-8-21-11-16/h3-6,9H,2,7-8,11H2,1H3,(H,18,20). The lowest BCUT2D eigenvalue weighted by molar-refractivity contribution is 0.0917. The van der Waals surface area contributed by atoms with E-state index in [4.69, 9.17) is 0 Å². The summed E-state index contributed by atoms with van der Waals surface area (Å²) in [6.07, 6.45) is 0.715. The molecule has 108 valence electrons. The van der Waals surface area contributed by atoms with Crippen LogP contribution in [0.5, 0.6) is 0 Å². The van der Waals surface area contributed by atoms with Crippen LogP contribution >= 0.6 is 11.8 Å². The molecular formula is C16H17N3OS. The molecule has 4 nitrogen and oxygen atoms in total. The van der Waals surface area contributed by atoms with Crippen molar-refractivity contribution in [1.82, 2.24) is 9.88 Å². The van der Waals surface area contributed by atoms with Gasteiger partial charge in [0.05, 0.1) is 6.07 Å². The lowest BCUT2D eigenvalue weighted by Gasteiger charge is -2.21. The summed E-state index contributed by atoms with van der Waals surface area (Å²) >= 11 is 1.71. The minimum atomic E-state index is -0.712. The first kappa shape index (κ1) is 14.0. The predicted octanol–water partition coefficient (Wildman–Crippen LogP) is 2.79. The van der Waals surface area contributed by atoms with Crippen molar-refractivity contribution in [3.63, 3.8) is 0 Å². The fourth-order valence-corrected chi connectivity index (χ4v) is 4.07. The van der Waals surface area contributed by atoms with E-state index < -0.39 is 5.54 Å². The normalized spacial score (nSPS) is 21.3. The lowest BCUT2D eigenvalue weighted by Crippen LogP contribution is -2.47. The number of carbonyl (C=O) groups is 1. The van der Waals surface area contributed by atoms with Crippen LogP contribution in [0.4, 0.5) is 0 Å². The summed E-state index contributed by atoms with van der Waals surface area (Å²) < 4.78 is 2.00. The minimum absolute atomic E-state index is 0.155. The summed E-state index contributed by atoms with van der Waals surface area (Å²) in [7, 11) is 0. The Balaban J connectivity index is 1.96. The van der Waals surface area contributed by atoms with Crippen LogP contribution in [0.25, 0.3) is 10.9 Å². The average Bonchev–Trinajstić information content (AvgIpc) is 3.11. The fraction of sp³-hybridized carbons (Fsp3) is 0.375. The van der Waals surface area contributed by atoms with Gasteiger partial charge in [0, 0.05) is 23.2 Å². The monoisotopic (exact) mass is 299 g/mol. The summed E-state index contributed by atoms with van der Waals surface area (Å²) in [5.74, 6) is 1.43. The zero-order chi connectivity index (χ0) is 14.9. The number of nitriles is 1. The van der Waals surface area contributed by atoms with Gasteiger partial charge in [-0.3, -0.25) is 4.79 Å². The highest BCUT2D eigenvalue weighted by Crippen LogP contribution is 2.28. The van der Waals surface area contributed by atoms with Crippen LogP contribution in [0.3, 0.4) is 0 Å². The second kappa shape index (κ2) is 5.45. The Hall–Kier alpha value is -1.93. The van der Waals surface area contributed by atoms with E-state index in [1.54, 1.807) is 11.8 Å². The summed E-state index contributed by atoms with van der Waals surface area (Å²) in [6.45, 7) is 2.75. The van der Waals surface area contributed by atoms with Gasteiger partial charge in [-0.2, -0.15) is 17.0 Å². The first-order valence-electron chi connectivity index (χ1n) is 7.09. The zero-order valence-electron chi connectivity index (χ0n) is 11.9. The molecule has 1 unspecified atom stereocenters. The first-order valence-corrected chi connectivity index (χ1v) is 8.24. The van der Waals surface area contributed by atoms with E-state index in [1.165, 1.54) is 0 Å². The smallest absolute Gasteiger partial charge is 0.269 e. The molecule has 1 aromatic heterocycles. The molecule has 1 fully saturated rings. The van der Waals surface area contributed by atoms with Crippen LogP contribution < -0.4 is 5.32 Å². The lowest BCUT2D eigenvalue weighted by atomic mass is 10.0. The Labute approximate surface area is 128 Å². The second-order valence-corrected chi connectivity index (χ2v) is 6.39. The molecular weight excluding hydrogens is 282 g/mol. The van der Waals surface area contributed by atoms with Crippen molar-refractivity contribution < 1.29 is 4.79 Å². The first-order chi connectivity index (χ1) is 10.2. The second-order valence-electron chi connectivity index (χ2n) is 5.28. The number of para-hydroxylation sites is 1. The average molecular weight is 299 g/mol. The van der Waals surface area contributed by atoms with E-state index >= 15 is 0 Å². The number of hydrogen-bond donors (Lipinski definition) is 1. The largest absolute Gasteiger partial charge is 0.337 e. The molecule has 3 rings (SSSR count). The molecule has 0 spiro atoms. The molecule has 21 heavy (non-hydrogen) atoms. The molecule has 1 amide bonds. The van der Waals surface area contributed by atoms with Crippen LogP contribution in [-0.4, -0.2) is 27.5 Å². The number of aryl methyl sites for hydroxylation is 1. The van der Waals surface area contributed by atoms with Gasteiger partial charge in [-0.05, 0) is 31.2 Å². The maximum absolute atomic E-state index is 12.6. The third-order valence-electron chi connectivity index (χ3n) is 3.95. The van der Waals surface area contributed by atoms with Gasteiger partial charge in [0.25, 0.3) is 5.91 Å². The van der Waals surface area contributed by atoms with E-state index in [9.17, 15) is 10.1 Å². The number of rotatable bonds is 3.